The molecule has 0 fully saturated rings. The lowest BCUT2D eigenvalue weighted by atomic mass is 10.2. The predicted octanol–water partition coefficient (Wildman–Crippen LogP) is 3.93. The van der Waals surface area contributed by atoms with Crippen molar-refractivity contribution in [3.8, 4) is 0 Å². The van der Waals surface area contributed by atoms with Crippen molar-refractivity contribution in [2.75, 3.05) is 25.0 Å². The van der Waals surface area contributed by atoms with Gasteiger partial charge in [-0.15, -0.1) is 0 Å². The van der Waals surface area contributed by atoms with Crippen molar-refractivity contribution in [3.05, 3.63) is 58.1 Å². The summed E-state index contributed by atoms with van der Waals surface area (Å²) < 4.78 is 6.17. The van der Waals surface area contributed by atoms with E-state index in [4.69, 9.17) is 4.42 Å². The van der Waals surface area contributed by atoms with Gasteiger partial charge < -0.3 is 14.6 Å². The zero-order chi connectivity index (χ0) is 16.5. The fourth-order valence-electron chi connectivity index (χ4n) is 2.13. The summed E-state index contributed by atoms with van der Waals surface area (Å²) in [7, 11) is 2.08. The summed E-state index contributed by atoms with van der Waals surface area (Å²) >= 11 is 2.09. The number of hydrogen-bond acceptors (Lipinski definition) is 3. The van der Waals surface area contributed by atoms with Crippen molar-refractivity contribution in [3.63, 3.8) is 0 Å². The van der Waals surface area contributed by atoms with Crippen molar-refractivity contribution in [1.82, 2.24) is 5.32 Å². The van der Waals surface area contributed by atoms with Crippen LogP contribution in [0.5, 0.6) is 0 Å². The van der Waals surface area contributed by atoms with Crippen LogP contribution in [0.25, 0.3) is 6.08 Å². The van der Waals surface area contributed by atoms with E-state index in [0.29, 0.717) is 12.3 Å². The Balaban J connectivity index is 1.60. The van der Waals surface area contributed by atoms with Gasteiger partial charge in [-0.1, -0.05) is 18.2 Å². The maximum absolute atomic E-state index is 11.7. The molecule has 23 heavy (non-hydrogen) atoms. The molecule has 1 heterocycles. The number of amides is 1. The van der Waals surface area contributed by atoms with E-state index in [1.54, 1.807) is 6.08 Å². The minimum Gasteiger partial charge on any atom is -0.451 e. The molecule has 1 amide bonds. The van der Waals surface area contributed by atoms with E-state index in [9.17, 15) is 4.79 Å². The molecule has 0 radical (unpaired) electrons. The Bertz CT molecular complexity index is 637. The lowest BCUT2D eigenvalue weighted by Crippen LogP contribution is -2.24. The van der Waals surface area contributed by atoms with E-state index >= 15 is 0 Å². The molecule has 0 aliphatic heterocycles. The van der Waals surface area contributed by atoms with Gasteiger partial charge in [0.05, 0.1) is 0 Å². The summed E-state index contributed by atoms with van der Waals surface area (Å²) in [6.45, 7) is 1.65. The molecule has 0 saturated heterocycles. The minimum atomic E-state index is -0.0900. The first-order chi connectivity index (χ1) is 11.1. The van der Waals surface area contributed by atoms with Gasteiger partial charge in [0.2, 0.25) is 5.91 Å². The SMILES string of the molecule is CN(CCCCNC(=O)/C=C/c1ccc(I)o1)c1ccccc1. The second kappa shape index (κ2) is 9.39. The molecule has 2 aromatic rings. The standard InChI is InChI=1S/C18H21IN2O2/c1-21(15-7-3-2-4-8-15)14-6-5-13-20-18(22)12-10-16-9-11-17(19)23-16/h2-4,7-12H,5-6,13-14H2,1H3,(H,20,22)/b12-10+. The summed E-state index contributed by atoms with van der Waals surface area (Å²) in [5.41, 5.74) is 1.22. The topological polar surface area (TPSA) is 45.5 Å². The van der Waals surface area contributed by atoms with E-state index in [1.165, 1.54) is 11.8 Å². The molecule has 122 valence electrons. The molecule has 0 bridgehead atoms. The van der Waals surface area contributed by atoms with Crippen molar-refractivity contribution in [2.45, 2.75) is 12.8 Å². The third kappa shape index (κ3) is 6.48. The maximum Gasteiger partial charge on any atom is 0.244 e. The third-order valence-electron chi connectivity index (χ3n) is 3.41. The van der Waals surface area contributed by atoms with Crippen LogP contribution in [0.4, 0.5) is 5.69 Å². The number of hydrogen-bond donors (Lipinski definition) is 1. The monoisotopic (exact) mass is 424 g/mol. The highest BCUT2D eigenvalue weighted by Gasteiger charge is 2.00. The average Bonchev–Trinajstić information content (AvgIpc) is 2.98. The van der Waals surface area contributed by atoms with E-state index in [1.807, 2.05) is 30.3 Å². The maximum atomic E-state index is 11.7. The Hall–Kier alpha value is -1.76. The number of nitrogens with one attached hydrogen (secondary N) is 1. The van der Waals surface area contributed by atoms with Crippen LogP contribution in [0.1, 0.15) is 18.6 Å². The Labute approximate surface area is 150 Å². The largest absolute Gasteiger partial charge is 0.451 e. The molecule has 2 rings (SSSR count). The number of carbonyl (C=O) groups is 1. The number of carbonyl (C=O) groups excluding carboxylic acids is 1. The number of para-hydroxylation sites is 1. The highest BCUT2D eigenvalue weighted by Crippen LogP contribution is 2.12. The minimum absolute atomic E-state index is 0.0900. The molecule has 0 saturated carbocycles. The molecule has 4 nitrogen and oxygen atoms in total. The third-order valence-corrected chi connectivity index (χ3v) is 3.99. The molecule has 0 spiro atoms. The van der Waals surface area contributed by atoms with Crippen LogP contribution in [0.2, 0.25) is 0 Å². The zero-order valence-electron chi connectivity index (χ0n) is 13.2. The van der Waals surface area contributed by atoms with Gasteiger partial charge in [0, 0.05) is 31.9 Å². The van der Waals surface area contributed by atoms with Crippen LogP contribution in [0, 0.1) is 3.77 Å². The Morgan fingerprint density at radius 2 is 2.00 bits per heavy atom. The fourth-order valence-corrected chi connectivity index (χ4v) is 2.57. The molecular weight excluding hydrogens is 403 g/mol. The van der Waals surface area contributed by atoms with Crippen molar-refractivity contribution < 1.29 is 9.21 Å². The van der Waals surface area contributed by atoms with Gasteiger partial charge in [0.1, 0.15) is 5.76 Å². The van der Waals surface area contributed by atoms with E-state index in [2.05, 4.69) is 52.0 Å². The van der Waals surface area contributed by atoms with Gasteiger partial charge in [-0.25, -0.2) is 0 Å². The first-order valence-electron chi connectivity index (χ1n) is 7.62. The van der Waals surface area contributed by atoms with Crippen LogP contribution < -0.4 is 10.2 Å². The molecular formula is C18H21IN2O2. The highest BCUT2D eigenvalue weighted by molar-refractivity contribution is 14.1. The number of nitrogens with zero attached hydrogens (tertiary/aromatic N) is 1. The van der Waals surface area contributed by atoms with Crippen LogP contribution in [-0.2, 0) is 4.79 Å². The first kappa shape index (κ1) is 17.6. The second-order valence-electron chi connectivity index (χ2n) is 5.23. The summed E-state index contributed by atoms with van der Waals surface area (Å²) in [4.78, 5) is 13.9. The highest BCUT2D eigenvalue weighted by atomic mass is 127. The van der Waals surface area contributed by atoms with Crippen LogP contribution in [-0.4, -0.2) is 26.0 Å². The first-order valence-corrected chi connectivity index (χ1v) is 8.70. The van der Waals surface area contributed by atoms with Gasteiger partial charge in [-0.3, -0.25) is 4.79 Å². The van der Waals surface area contributed by atoms with Gasteiger partial charge in [0.15, 0.2) is 3.77 Å². The molecule has 5 heteroatoms. The van der Waals surface area contributed by atoms with Crippen LogP contribution >= 0.6 is 22.6 Å². The quantitative estimate of drug-likeness (QED) is 0.397. The van der Waals surface area contributed by atoms with E-state index in [-0.39, 0.29) is 5.91 Å². The van der Waals surface area contributed by atoms with Gasteiger partial charge in [-0.05, 0) is 65.8 Å². The van der Waals surface area contributed by atoms with Gasteiger partial charge in [-0.2, -0.15) is 0 Å². The fraction of sp³-hybridized carbons (Fsp3) is 0.278. The number of furan rings is 1. The van der Waals surface area contributed by atoms with Crippen molar-refractivity contribution in [1.29, 1.82) is 0 Å². The van der Waals surface area contributed by atoms with Crippen LogP contribution in [0.3, 0.4) is 0 Å². The predicted molar refractivity (Wildman–Crippen MR) is 102 cm³/mol. The second-order valence-corrected chi connectivity index (χ2v) is 6.29. The summed E-state index contributed by atoms with van der Waals surface area (Å²) in [6, 6.07) is 14.0. The van der Waals surface area contributed by atoms with Gasteiger partial charge in [0.25, 0.3) is 0 Å². The number of anilines is 1. The molecule has 0 atom stereocenters. The smallest absolute Gasteiger partial charge is 0.244 e. The van der Waals surface area contributed by atoms with Gasteiger partial charge >= 0.3 is 0 Å². The number of halogens is 1. The number of rotatable bonds is 8. The average molecular weight is 424 g/mol. The normalized spacial score (nSPS) is 10.9. The van der Waals surface area contributed by atoms with Crippen molar-refractivity contribution >= 4 is 40.3 Å². The summed E-state index contributed by atoms with van der Waals surface area (Å²) in [5, 5.41) is 2.89. The summed E-state index contributed by atoms with van der Waals surface area (Å²) in [6.07, 6.45) is 5.17. The number of benzene rings is 1. The number of unbranched alkanes of at least 4 members (excludes halogenated alkanes) is 1. The Morgan fingerprint density at radius 1 is 1.22 bits per heavy atom. The van der Waals surface area contributed by atoms with Crippen LogP contribution in [0.15, 0.2) is 53.0 Å². The zero-order valence-corrected chi connectivity index (χ0v) is 15.3. The Morgan fingerprint density at radius 3 is 2.70 bits per heavy atom. The molecule has 1 aromatic carbocycles. The molecule has 0 unspecified atom stereocenters. The molecule has 1 aromatic heterocycles. The van der Waals surface area contributed by atoms with E-state index < -0.39 is 0 Å². The Kier molecular flexibility index (Phi) is 7.19. The lowest BCUT2D eigenvalue weighted by molar-refractivity contribution is -0.116. The molecule has 1 N–H and O–H groups in total. The van der Waals surface area contributed by atoms with Crippen molar-refractivity contribution in [2.24, 2.45) is 0 Å². The molecule has 0 aliphatic carbocycles. The lowest BCUT2D eigenvalue weighted by Gasteiger charge is -2.18. The summed E-state index contributed by atoms with van der Waals surface area (Å²) in [5.74, 6) is 0.599. The van der Waals surface area contributed by atoms with E-state index in [0.717, 1.165) is 23.2 Å². The molecule has 0 aliphatic rings.